The van der Waals surface area contributed by atoms with Gasteiger partial charge in [0.15, 0.2) is 11.5 Å². The maximum atomic E-state index is 11.9. The smallest absolute Gasteiger partial charge is 0.222 e. The molecular weight excluding hydrogens is 242 g/mol. The number of carbonyl (C=O) groups excluding carboxylic acids is 1. The molecule has 1 aromatic rings. The summed E-state index contributed by atoms with van der Waals surface area (Å²) in [7, 11) is 1.84. The first kappa shape index (κ1) is 13.7. The number of carbonyl (C=O) groups is 1. The van der Waals surface area contributed by atoms with E-state index in [1.165, 1.54) is 0 Å². The lowest BCUT2D eigenvalue weighted by Gasteiger charge is -2.21. The first-order valence-electron chi connectivity index (χ1n) is 6.83. The highest BCUT2D eigenvalue weighted by Crippen LogP contribution is 2.31. The van der Waals surface area contributed by atoms with Crippen LogP contribution < -0.4 is 9.47 Å². The molecule has 0 fully saturated rings. The van der Waals surface area contributed by atoms with E-state index in [2.05, 4.69) is 6.92 Å². The Morgan fingerprint density at radius 3 is 2.74 bits per heavy atom. The molecule has 1 heterocycles. The first-order valence-corrected chi connectivity index (χ1v) is 6.83. The van der Waals surface area contributed by atoms with Crippen LogP contribution in [0.25, 0.3) is 0 Å². The van der Waals surface area contributed by atoms with Crippen LogP contribution in [0.15, 0.2) is 18.2 Å². The van der Waals surface area contributed by atoms with Crippen molar-refractivity contribution in [1.82, 2.24) is 4.90 Å². The molecule has 0 saturated carbocycles. The molecule has 1 aromatic carbocycles. The molecule has 0 saturated heterocycles. The van der Waals surface area contributed by atoms with E-state index >= 15 is 0 Å². The van der Waals surface area contributed by atoms with Gasteiger partial charge < -0.3 is 14.4 Å². The Hall–Kier alpha value is -1.71. The van der Waals surface area contributed by atoms with Crippen molar-refractivity contribution in [2.24, 2.45) is 0 Å². The van der Waals surface area contributed by atoms with E-state index in [1.54, 1.807) is 4.90 Å². The Kier molecular flexibility index (Phi) is 4.66. The maximum Gasteiger partial charge on any atom is 0.222 e. The van der Waals surface area contributed by atoms with Crippen molar-refractivity contribution in [2.75, 3.05) is 20.3 Å². The number of hydrogen-bond acceptors (Lipinski definition) is 3. The number of benzene rings is 1. The fourth-order valence-corrected chi connectivity index (χ4v) is 2.07. The van der Waals surface area contributed by atoms with Gasteiger partial charge in [-0.3, -0.25) is 4.79 Å². The van der Waals surface area contributed by atoms with E-state index in [-0.39, 0.29) is 5.91 Å². The SMILES string of the molecule is CCCCC(=O)N(C)Cc1ccc2c(c1)OCCO2. The van der Waals surface area contributed by atoms with E-state index < -0.39 is 0 Å². The highest BCUT2D eigenvalue weighted by molar-refractivity contribution is 5.75. The van der Waals surface area contributed by atoms with Gasteiger partial charge in [0.05, 0.1) is 0 Å². The van der Waals surface area contributed by atoms with Crippen molar-refractivity contribution in [1.29, 1.82) is 0 Å². The average Bonchev–Trinajstić information content (AvgIpc) is 2.44. The number of rotatable bonds is 5. The zero-order chi connectivity index (χ0) is 13.7. The molecule has 4 heteroatoms. The summed E-state index contributed by atoms with van der Waals surface area (Å²) in [5, 5.41) is 0. The van der Waals surface area contributed by atoms with Crippen LogP contribution in [0.3, 0.4) is 0 Å². The van der Waals surface area contributed by atoms with E-state index in [1.807, 2.05) is 25.2 Å². The molecule has 1 aliphatic heterocycles. The van der Waals surface area contributed by atoms with Crippen LogP contribution in [0.5, 0.6) is 11.5 Å². The molecule has 0 aromatic heterocycles. The zero-order valence-corrected chi connectivity index (χ0v) is 11.6. The fraction of sp³-hybridized carbons (Fsp3) is 0.533. The summed E-state index contributed by atoms with van der Waals surface area (Å²) < 4.78 is 11.0. The van der Waals surface area contributed by atoms with Crippen LogP contribution in [-0.2, 0) is 11.3 Å². The molecule has 19 heavy (non-hydrogen) atoms. The van der Waals surface area contributed by atoms with Crippen molar-refractivity contribution in [3.05, 3.63) is 23.8 Å². The van der Waals surface area contributed by atoms with E-state index in [9.17, 15) is 4.79 Å². The number of hydrogen-bond donors (Lipinski definition) is 0. The summed E-state index contributed by atoms with van der Waals surface area (Å²) >= 11 is 0. The Morgan fingerprint density at radius 1 is 1.26 bits per heavy atom. The Balaban J connectivity index is 1.97. The normalized spacial score (nSPS) is 13.2. The summed E-state index contributed by atoms with van der Waals surface area (Å²) in [4.78, 5) is 13.6. The lowest BCUT2D eigenvalue weighted by atomic mass is 10.1. The van der Waals surface area contributed by atoms with Gasteiger partial charge in [0, 0.05) is 20.0 Å². The highest BCUT2D eigenvalue weighted by atomic mass is 16.6. The average molecular weight is 263 g/mol. The molecule has 1 amide bonds. The summed E-state index contributed by atoms with van der Waals surface area (Å²) in [6.07, 6.45) is 2.62. The van der Waals surface area contributed by atoms with Gasteiger partial charge in [-0.2, -0.15) is 0 Å². The summed E-state index contributed by atoms with van der Waals surface area (Å²) in [6, 6.07) is 5.85. The molecule has 0 bridgehead atoms. The van der Waals surface area contributed by atoms with Gasteiger partial charge in [-0.15, -0.1) is 0 Å². The number of ether oxygens (including phenoxy) is 2. The standard InChI is InChI=1S/C15H21NO3/c1-3-4-5-15(17)16(2)11-12-6-7-13-14(10-12)19-9-8-18-13/h6-7,10H,3-5,8-9,11H2,1-2H3. The number of nitrogens with zero attached hydrogens (tertiary/aromatic N) is 1. The number of amides is 1. The molecule has 4 nitrogen and oxygen atoms in total. The molecular formula is C15H21NO3. The van der Waals surface area contributed by atoms with Crippen molar-refractivity contribution in [3.8, 4) is 11.5 Å². The summed E-state index contributed by atoms with van der Waals surface area (Å²) in [5.74, 6) is 1.75. The molecule has 0 unspecified atom stereocenters. The van der Waals surface area contributed by atoms with Gasteiger partial charge in [-0.05, 0) is 24.1 Å². The molecule has 0 atom stereocenters. The van der Waals surface area contributed by atoms with Gasteiger partial charge >= 0.3 is 0 Å². The molecule has 2 rings (SSSR count). The second-order valence-electron chi connectivity index (χ2n) is 4.83. The fourth-order valence-electron chi connectivity index (χ4n) is 2.07. The van der Waals surface area contributed by atoms with Crippen molar-refractivity contribution in [3.63, 3.8) is 0 Å². The van der Waals surface area contributed by atoms with E-state index in [0.717, 1.165) is 29.9 Å². The lowest BCUT2D eigenvalue weighted by Crippen LogP contribution is -2.26. The topological polar surface area (TPSA) is 38.8 Å². The van der Waals surface area contributed by atoms with Crippen molar-refractivity contribution < 1.29 is 14.3 Å². The first-order chi connectivity index (χ1) is 9.20. The van der Waals surface area contributed by atoms with Gasteiger partial charge in [0.1, 0.15) is 13.2 Å². The third-order valence-corrected chi connectivity index (χ3v) is 3.20. The predicted molar refractivity (Wildman–Crippen MR) is 73.4 cm³/mol. The van der Waals surface area contributed by atoms with Gasteiger partial charge in [0.25, 0.3) is 0 Å². The monoisotopic (exact) mass is 263 g/mol. The maximum absolute atomic E-state index is 11.9. The lowest BCUT2D eigenvalue weighted by molar-refractivity contribution is -0.130. The number of fused-ring (bicyclic) bond motifs is 1. The van der Waals surface area contributed by atoms with Crippen molar-refractivity contribution >= 4 is 5.91 Å². The largest absolute Gasteiger partial charge is 0.486 e. The molecule has 0 spiro atoms. The minimum Gasteiger partial charge on any atom is -0.486 e. The van der Waals surface area contributed by atoms with Crippen LogP contribution in [-0.4, -0.2) is 31.1 Å². The zero-order valence-electron chi connectivity index (χ0n) is 11.6. The summed E-state index contributed by atoms with van der Waals surface area (Å²) in [5.41, 5.74) is 1.07. The van der Waals surface area contributed by atoms with Crippen LogP contribution >= 0.6 is 0 Å². The molecule has 104 valence electrons. The van der Waals surface area contributed by atoms with Crippen LogP contribution in [0.2, 0.25) is 0 Å². The Morgan fingerprint density at radius 2 is 2.00 bits per heavy atom. The van der Waals surface area contributed by atoms with E-state index in [0.29, 0.717) is 26.2 Å². The second kappa shape index (κ2) is 6.45. The number of unbranched alkanes of at least 4 members (excludes halogenated alkanes) is 1. The quantitative estimate of drug-likeness (QED) is 0.819. The van der Waals surface area contributed by atoms with Crippen LogP contribution in [0, 0.1) is 0 Å². The molecule has 0 N–H and O–H groups in total. The van der Waals surface area contributed by atoms with Gasteiger partial charge in [0.2, 0.25) is 5.91 Å². The summed E-state index contributed by atoms with van der Waals surface area (Å²) in [6.45, 7) is 3.89. The Bertz CT molecular complexity index is 445. The molecule has 1 aliphatic rings. The van der Waals surface area contributed by atoms with Crippen LogP contribution in [0.4, 0.5) is 0 Å². The minimum atomic E-state index is 0.191. The van der Waals surface area contributed by atoms with Gasteiger partial charge in [-0.1, -0.05) is 19.4 Å². The third kappa shape index (κ3) is 3.63. The predicted octanol–water partition coefficient (Wildman–Crippen LogP) is 2.61. The molecule has 0 radical (unpaired) electrons. The third-order valence-electron chi connectivity index (χ3n) is 3.20. The minimum absolute atomic E-state index is 0.191. The Labute approximate surface area is 114 Å². The molecule has 0 aliphatic carbocycles. The van der Waals surface area contributed by atoms with Crippen molar-refractivity contribution in [2.45, 2.75) is 32.7 Å². The van der Waals surface area contributed by atoms with Crippen LogP contribution in [0.1, 0.15) is 31.7 Å². The van der Waals surface area contributed by atoms with Gasteiger partial charge in [-0.25, -0.2) is 0 Å². The highest BCUT2D eigenvalue weighted by Gasteiger charge is 2.14. The van der Waals surface area contributed by atoms with E-state index in [4.69, 9.17) is 9.47 Å². The second-order valence-corrected chi connectivity index (χ2v) is 4.83.